The van der Waals surface area contributed by atoms with Crippen molar-refractivity contribution in [3.05, 3.63) is 29.8 Å². The zero-order chi connectivity index (χ0) is 14.1. The van der Waals surface area contributed by atoms with Crippen LogP contribution >= 0.6 is 0 Å². The van der Waals surface area contributed by atoms with Crippen LogP contribution in [0.4, 0.5) is 5.69 Å². The van der Waals surface area contributed by atoms with Crippen LogP contribution in [-0.2, 0) is 16.1 Å². The zero-order valence-electron chi connectivity index (χ0n) is 11.8. The minimum absolute atomic E-state index is 0.0485. The molecule has 0 heterocycles. The van der Waals surface area contributed by atoms with Crippen LogP contribution in [0.1, 0.15) is 31.7 Å². The van der Waals surface area contributed by atoms with Crippen molar-refractivity contribution in [1.29, 1.82) is 0 Å². The van der Waals surface area contributed by atoms with Crippen molar-refractivity contribution >= 4 is 11.6 Å². The van der Waals surface area contributed by atoms with Gasteiger partial charge in [-0.2, -0.15) is 0 Å². The average Bonchev–Trinajstić information content (AvgIpc) is 2.39. The van der Waals surface area contributed by atoms with Crippen molar-refractivity contribution in [1.82, 2.24) is 0 Å². The number of carbonyl (C=O) groups is 1. The Hall–Kier alpha value is -1.39. The van der Waals surface area contributed by atoms with Crippen molar-refractivity contribution in [3.63, 3.8) is 0 Å². The maximum absolute atomic E-state index is 11.9. The predicted molar refractivity (Wildman–Crippen MR) is 77.9 cm³/mol. The summed E-state index contributed by atoms with van der Waals surface area (Å²) in [6.07, 6.45) is 2.37. The first-order valence-corrected chi connectivity index (χ1v) is 6.74. The maximum atomic E-state index is 11.9. The van der Waals surface area contributed by atoms with Crippen molar-refractivity contribution in [3.8, 4) is 0 Å². The highest BCUT2D eigenvalue weighted by Crippen LogP contribution is 2.17. The van der Waals surface area contributed by atoms with E-state index >= 15 is 0 Å². The van der Waals surface area contributed by atoms with Crippen LogP contribution in [-0.4, -0.2) is 19.6 Å². The maximum Gasteiger partial charge on any atom is 0.224 e. The molecule has 4 nitrogen and oxygen atoms in total. The van der Waals surface area contributed by atoms with Crippen LogP contribution in [0.2, 0.25) is 0 Å². The molecule has 0 aliphatic heterocycles. The van der Waals surface area contributed by atoms with Crippen LogP contribution in [0.15, 0.2) is 24.3 Å². The van der Waals surface area contributed by atoms with Crippen LogP contribution in [0.25, 0.3) is 0 Å². The molecule has 1 amide bonds. The van der Waals surface area contributed by atoms with Gasteiger partial charge in [0.15, 0.2) is 0 Å². The fourth-order valence-electron chi connectivity index (χ4n) is 1.94. The molecule has 1 unspecified atom stereocenters. The number of carbonyl (C=O) groups excluding carboxylic acids is 1. The fraction of sp³-hybridized carbons (Fsp3) is 0.533. The minimum atomic E-state index is 0.0485. The van der Waals surface area contributed by atoms with Crippen molar-refractivity contribution in [2.75, 3.05) is 19.0 Å². The van der Waals surface area contributed by atoms with Crippen molar-refractivity contribution < 1.29 is 9.53 Å². The van der Waals surface area contributed by atoms with Gasteiger partial charge in [-0.05, 0) is 31.4 Å². The highest BCUT2D eigenvalue weighted by Gasteiger charge is 2.08. The number of anilines is 1. The summed E-state index contributed by atoms with van der Waals surface area (Å²) in [5, 5.41) is 2.94. The topological polar surface area (TPSA) is 64.3 Å². The molecule has 0 spiro atoms. The number of hydrogen-bond acceptors (Lipinski definition) is 3. The molecule has 1 rings (SSSR count). The number of rotatable bonds is 8. The highest BCUT2D eigenvalue weighted by atomic mass is 16.5. The Balaban J connectivity index is 2.48. The minimum Gasteiger partial charge on any atom is -0.380 e. The lowest BCUT2D eigenvalue weighted by atomic mass is 10.0. The van der Waals surface area contributed by atoms with E-state index in [-0.39, 0.29) is 5.91 Å². The summed E-state index contributed by atoms with van der Waals surface area (Å²) < 4.78 is 5.12. The summed E-state index contributed by atoms with van der Waals surface area (Å²) in [4.78, 5) is 11.9. The van der Waals surface area contributed by atoms with Gasteiger partial charge in [-0.3, -0.25) is 4.79 Å². The second kappa shape index (κ2) is 8.67. The molecule has 1 atom stereocenters. The first-order valence-electron chi connectivity index (χ1n) is 6.74. The molecule has 106 valence electrons. The fourth-order valence-corrected chi connectivity index (χ4v) is 1.94. The van der Waals surface area contributed by atoms with E-state index in [0.717, 1.165) is 24.1 Å². The first-order chi connectivity index (χ1) is 9.17. The third kappa shape index (κ3) is 5.85. The lowest BCUT2D eigenvalue weighted by Gasteiger charge is -2.12. The number of ether oxygens (including phenoxy) is 1. The lowest BCUT2D eigenvalue weighted by Crippen LogP contribution is -2.15. The van der Waals surface area contributed by atoms with E-state index in [0.29, 0.717) is 25.5 Å². The predicted octanol–water partition coefficient (Wildman–Crippen LogP) is 2.54. The summed E-state index contributed by atoms with van der Waals surface area (Å²) in [6, 6.07) is 7.70. The third-order valence-electron chi connectivity index (χ3n) is 3.11. The molecule has 4 heteroatoms. The first kappa shape index (κ1) is 15.7. The van der Waals surface area contributed by atoms with Gasteiger partial charge in [0.05, 0.1) is 6.61 Å². The summed E-state index contributed by atoms with van der Waals surface area (Å²) in [5.41, 5.74) is 7.33. The molecule has 0 fully saturated rings. The largest absolute Gasteiger partial charge is 0.380 e. The van der Waals surface area contributed by atoms with Gasteiger partial charge in [-0.15, -0.1) is 0 Å². The Labute approximate surface area is 115 Å². The average molecular weight is 264 g/mol. The Morgan fingerprint density at radius 1 is 1.37 bits per heavy atom. The smallest absolute Gasteiger partial charge is 0.224 e. The van der Waals surface area contributed by atoms with E-state index < -0.39 is 0 Å². The Bertz CT molecular complexity index is 393. The molecule has 0 saturated carbocycles. The van der Waals surface area contributed by atoms with E-state index in [2.05, 4.69) is 12.2 Å². The SMILES string of the molecule is COCc1ccccc1NC(=O)CCC(C)CCN. The van der Waals surface area contributed by atoms with Gasteiger partial charge >= 0.3 is 0 Å². The standard InChI is InChI=1S/C15H24N2O2/c1-12(9-10-16)7-8-15(18)17-14-6-4-3-5-13(14)11-19-2/h3-6,12H,7-11,16H2,1-2H3,(H,17,18). The molecule has 0 aromatic heterocycles. The second-order valence-corrected chi connectivity index (χ2v) is 4.86. The molecule has 3 N–H and O–H groups in total. The van der Waals surface area contributed by atoms with Crippen LogP contribution in [0, 0.1) is 5.92 Å². The van der Waals surface area contributed by atoms with Gasteiger partial charge in [0.1, 0.15) is 0 Å². The van der Waals surface area contributed by atoms with Crippen LogP contribution in [0.3, 0.4) is 0 Å². The Morgan fingerprint density at radius 3 is 2.79 bits per heavy atom. The van der Waals surface area contributed by atoms with Gasteiger partial charge in [-0.1, -0.05) is 25.1 Å². The number of hydrogen-bond donors (Lipinski definition) is 2. The highest BCUT2D eigenvalue weighted by molar-refractivity contribution is 5.91. The number of methoxy groups -OCH3 is 1. The molecule has 0 bridgehead atoms. The molecule has 0 radical (unpaired) electrons. The molecule has 0 aliphatic carbocycles. The van der Waals surface area contributed by atoms with E-state index in [1.807, 2.05) is 24.3 Å². The normalized spacial score (nSPS) is 12.2. The van der Waals surface area contributed by atoms with E-state index in [1.165, 1.54) is 0 Å². The molecular weight excluding hydrogens is 240 g/mol. The quantitative estimate of drug-likeness (QED) is 0.758. The van der Waals surface area contributed by atoms with Gasteiger partial charge in [0, 0.05) is 24.8 Å². The molecule has 1 aromatic carbocycles. The monoisotopic (exact) mass is 264 g/mol. The Morgan fingerprint density at radius 2 is 2.11 bits per heavy atom. The number of para-hydroxylation sites is 1. The molecule has 0 saturated heterocycles. The van der Waals surface area contributed by atoms with E-state index in [9.17, 15) is 4.79 Å². The number of amides is 1. The van der Waals surface area contributed by atoms with Gasteiger partial charge < -0.3 is 15.8 Å². The van der Waals surface area contributed by atoms with E-state index in [4.69, 9.17) is 10.5 Å². The van der Waals surface area contributed by atoms with Crippen molar-refractivity contribution in [2.45, 2.75) is 32.8 Å². The molecule has 1 aromatic rings. The van der Waals surface area contributed by atoms with Gasteiger partial charge in [0.2, 0.25) is 5.91 Å². The van der Waals surface area contributed by atoms with Crippen molar-refractivity contribution in [2.24, 2.45) is 11.7 Å². The summed E-state index contributed by atoms with van der Waals surface area (Å²) in [7, 11) is 1.65. The van der Waals surface area contributed by atoms with Gasteiger partial charge in [0.25, 0.3) is 0 Å². The summed E-state index contributed by atoms with van der Waals surface area (Å²) >= 11 is 0. The number of nitrogens with one attached hydrogen (secondary N) is 1. The van der Waals surface area contributed by atoms with E-state index in [1.54, 1.807) is 7.11 Å². The van der Waals surface area contributed by atoms with Crippen LogP contribution in [0.5, 0.6) is 0 Å². The van der Waals surface area contributed by atoms with Crippen LogP contribution < -0.4 is 11.1 Å². The number of benzene rings is 1. The summed E-state index contributed by atoms with van der Waals surface area (Å²) in [5.74, 6) is 0.539. The zero-order valence-corrected chi connectivity index (χ0v) is 11.8. The summed E-state index contributed by atoms with van der Waals surface area (Å²) in [6.45, 7) is 3.30. The van der Waals surface area contributed by atoms with Gasteiger partial charge in [-0.25, -0.2) is 0 Å². The lowest BCUT2D eigenvalue weighted by molar-refractivity contribution is -0.116. The second-order valence-electron chi connectivity index (χ2n) is 4.86. The Kier molecular flexibility index (Phi) is 7.15. The third-order valence-corrected chi connectivity index (χ3v) is 3.11. The molecule has 0 aliphatic rings. The molecule has 19 heavy (non-hydrogen) atoms. The molecular formula is C15H24N2O2. The number of nitrogens with two attached hydrogens (primary N) is 1.